The van der Waals surface area contributed by atoms with Crippen molar-refractivity contribution in [3.63, 3.8) is 0 Å². The predicted octanol–water partition coefficient (Wildman–Crippen LogP) is 3.75. The molecule has 1 aromatic heterocycles. The van der Waals surface area contributed by atoms with Crippen molar-refractivity contribution in [2.75, 3.05) is 5.32 Å². The average Bonchev–Trinajstić information content (AvgIpc) is 3.06. The average molecular weight is 353 g/mol. The van der Waals surface area contributed by atoms with Crippen molar-refractivity contribution < 1.29 is 4.79 Å². The fraction of sp³-hybridized carbons (Fsp3) is 0.0455. The van der Waals surface area contributed by atoms with E-state index >= 15 is 0 Å². The van der Waals surface area contributed by atoms with Gasteiger partial charge in [-0.3, -0.25) is 9.59 Å². The summed E-state index contributed by atoms with van der Waals surface area (Å²) >= 11 is 0. The highest BCUT2D eigenvalue weighted by molar-refractivity contribution is 6.11. The van der Waals surface area contributed by atoms with Crippen LogP contribution in [0, 0.1) is 0 Å². The van der Waals surface area contributed by atoms with Gasteiger partial charge in [-0.2, -0.15) is 5.10 Å². The number of carbonyl (C=O) groups excluding carboxylic acids is 1. The van der Waals surface area contributed by atoms with E-state index in [9.17, 15) is 9.59 Å². The number of fused-ring (bicyclic) bond motifs is 4. The van der Waals surface area contributed by atoms with Crippen LogP contribution in [0.25, 0.3) is 21.9 Å². The molecule has 3 aromatic carbocycles. The smallest absolute Gasteiger partial charge is 0.276 e. The zero-order chi connectivity index (χ0) is 18.4. The van der Waals surface area contributed by atoms with E-state index in [1.165, 1.54) is 22.3 Å². The zero-order valence-electron chi connectivity index (χ0n) is 14.3. The normalized spacial score (nSPS) is 11.9. The Labute approximate surface area is 154 Å². The molecule has 5 heteroatoms. The van der Waals surface area contributed by atoms with Gasteiger partial charge < -0.3 is 5.32 Å². The Morgan fingerprint density at radius 2 is 1.63 bits per heavy atom. The summed E-state index contributed by atoms with van der Waals surface area (Å²) in [5.41, 5.74) is 5.54. The van der Waals surface area contributed by atoms with Gasteiger partial charge in [-0.25, -0.2) is 5.10 Å². The monoisotopic (exact) mass is 353 g/mol. The van der Waals surface area contributed by atoms with Gasteiger partial charge >= 0.3 is 0 Å². The summed E-state index contributed by atoms with van der Waals surface area (Å²) in [6.07, 6.45) is 0.856. The van der Waals surface area contributed by atoms with Gasteiger partial charge in [-0.05, 0) is 46.9 Å². The quantitative estimate of drug-likeness (QED) is 0.508. The molecular weight excluding hydrogens is 338 g/mol. The Kier molecular flexibility index (Phi) is 3.40. The summed E-state index contributed by atoms with van der Waals surface area (Å²) in [5, 5.41) is 10.2. The highest BCUT2D eigenvalue weighted by Crippen LogP contribution is 2.37. The first kappa shape index (κ1) is 15.5. The fourth-order valence-corrected chi connectivity index (χ4v) is 3.70. The highest BCUT2D eigenvalue weighted by Gasteiger charge is 2.19. The molecule has 1 aliphatic carbocycles. The highest BCUT2D eigenvalue weighted by atomic mass is 16.2. The summed E-state index contributed by atoms with van der Waals surface area (Å²) in [6.45, 7) is 0. The molecule has 0 spiro atoms. The largest absolute Gasteiger partial charge is 0.321 e. The van der Waals surface area contributed by atoms with Crippen LogP contribution < -0.4 is 10.9 Å². The molecule has 130 valence electrons. The minimum Gasteiger partial charge on any atom is -0.321 e. The molecule has 0 atom stereocenters. The van der Waals surface area contributed by atoms with Gasteiger partial charge in [-0.15, -0.1) is 0 Å². The molecule has 0 fully saturated rings. The summed E-state index contributed by atoms with van der Waals surface area (Å²) in [4.78, 5) is 24.7. The van der Waals surface area contributed by atoms with Gasteiger partial charge in [0.25, 0.3) is 11.5 Å². The number of hydrogen-bond donors (Lipinski definition) is 2. The Morgan fingerprint density at radius 3 is 2.52 bits per heavy atom. The number of nitrogens with one attached hydrogen (secondary N) is 2. The number of H-pyrrole nitrogens is 1. The van der Waals surface area contributed by atoms with Gasteiger partial charge in [-0.1, -0.05) is 48.5 Å². The van der Waals surface area contributed by atoms with E-state index in [1.54, 1.807) is 24.3 Å². The molecule has 1 amide bonds. The van der Waals surface area contributed by atoms with Crippen molar-refractivity contribution in [3.8, 4) is 11.1 Å². The maximum Gasteiger partial charge on any atom is 0.276 e. The van der Waals surface area contributed by atoms with Gasteiger partial charge in [0.05, 0.1) is 5.39 Å². The van der Waals surface area contributed by atoms with Crippen LogP contribution in [0.2, 0.25) is 0 Å². The Balaban J connectivity index is 1.49. The van der Waals surface area contributed by atoms with Crippen LogP contribution in [-0.2, 0) is 6.42 Å². The van der Waals surface area contributed by atoms with E-state index in [4.69, 9.17) is 0 Å². The maximum absolute atomic E-state index is 12.8. The molecule has 5 rings (SSSR count). The van der Waals surface area contributed by atoms with Gasteiger partial charge in [0, 0.05) is 11.1 Å². The van der Waals surface area contributed by atoms with E-state index < -0.39 is 0 Å². The second-order valence-electron chi connectivity index (χ2n) is 6.61. The van der Waals surface area contributed by atoms with Gasteiger partial charge in [0.15, 0.2) is 5.69 Å². The zero-order valence-corrected chi connectivity index (χ0v) is 14.3. The molecule has 1 aliphatic rings. The lowest BCUT2D eigenvalue weighted by molar-refractivity contribution is 0.102. The summed E-state index contributed by atoms with van der Waals surface area (Å²) < 4.78 is 0. The number of carbonyl (C=O) groups is 1. The third kappa shape index (κ3) is 2.52. The van der Waals surface area contributed by atoms with Crippen LogP contribution in [0.3, 0.4) is 0 Å². The minimum atomic E-state index is -0.349. The predicted molar refractivity (Wildman–Crippen MR) is 105 cm³/mol. The van der Waals surface area contributed by atoms with Gasteiger partial charge in [0.1, 0.15) is 0 Å². The van der Waals surface area contributed by atoms with E-state index in [2.05, 4.69) is 27.6 Å². The topological polar surface area (TPSA) is 74.8 Å². The Hall–Kier alpha value is -3.73. The lowest BCUT2D eigenvalue weighted by atomic mass is 10.1. The maximum atomic E-state index is 12.8. The van der Waals surface area contributed by atoms with Crippen molar-refractivity contribution in [1.29, 1.82) is 0 Å². The molecule has 1 heterocycles. The minimum absolute atomic E-state index is 0.203. The van der Waals surface area contributed by atoms with E-state index in [1.807, 2.05) is 30.3 Å². The van der Waals surface area contributed by atoms with E-state index in [-0.39, 0.29) is 17.2 Å². The third-order valence-corrected chi connectivity index (χ3v) is 4.96. The van der Waals surface area contributed by atoms with Crippen LogP contribution >= 0.6 is 0 Å². The number of anilines is 1. The van der Waals surface area contributed by atoms with Crippen LogP contribution in [-0.4, -0.2) is 16.1 Å². The van der Waals surface area contributed by atoms with Crippen molar-refractivity contribution in [2.24, 2.45) is 0 Å². The lowest BCUT2D eigenvalue weighted by Crippen LogP contribution is -2.19. The van der Waals surface area contributed by atoms with Crippen LogP contribution in [0.5, 0.6) is 0 Å². The molecule has 5 nitrogen and oxygen atoms in total. The second kappa shape index (κ2) is 5.92. The molecule has 27 heavy (non-hydrogen) atoms. The van der Waals surface area contributed by atoms with Crippen LogP contribution in [0.4, 0.5) is 5.69 Å². The number of benzene rings is 3. The number of nitrogens with zero attached hydrogens (tertiary/aromatic N) is 1. The van der Waals surface area contributed by atoms with Gasteiger partial charge in [0.2, 0.25) is 0 Å². The fourth-order valence-electron chi connectivity index (χ4n) is 3.70. The molecule has 0 saturated carbocycles. The molecule has 4 aromatic rings. The molecular formula is C22H15N3O2. The standard InChI is InChI=1S/C22H15N3O2/c26-21-19-8-4-3-7-18(19)20(24-25-21)22(27)23-15-9-10-17-14(12-15)11-13-5-1-2-6-16(13)17/h1-10,12H,11H2,(H,23,27)(H,25,26). The van der Waals surface area contributed by atoms with Crippen molar-refractivity contribution >= 4 is 22.4 Å². The first-order chi connectivity index (χ1) is 13.2. The summed E-state index contributed by atoms with van der Waals surface area (Å²) in [6, 6.07) is 21.2. The number of hydrogen-bond acceptors (Lipinski definition) is 3. The molecule has 0 radical (unpaired) electrons. The molecule has 0 aliphatic heterocycles. The number of rotatable bonds is 2. The second-order valence-corrected chi connectivity index (χ2v) is 6.61. The molecule has 0 bridgehead atoms. The third-order valence-electron chi connectivity index (χ3n) is 4.96. The first-order valence-electron chi connectivity index (χ1n) is 8.71. The van der Waals surface area contributed by atoms with Crippen molar-refractivity contribution in [1.82, 2.24) is 10.2 Å². The molecule has 2 N–H and O–H groups in total. The van der Waals surface area contributed by atoms with Crippen molar-refractivity contribution in [3.05, 3.63) is 93.9 Å². The van der Waals surface area contributed by atoms with Crippen molar-refractivity contribution in [2.45, 2.75) is 6.42 Å². The van der Waals surface area contributed by atoms with Crippen LogP contribution in [0.1, 0.15) is 21.6 Å². The number of amides is 1. The number of aromatic amines is 1. The van der Waals surface area contributed by atoms with E-state index in [0.717, 1.165) is 6.42 Å². The van der Waals surface area contributed by atoms with Crippen LogP contribution in [0.15, 0.2) is 71.5 Å². The SMILES string of the molecule is O=C(Nc1ccc2c(c1)Cc1ccccc1-2)c1n[nH]c(=O)c2ccccc12. The molecule has 0 saturated heterocycles. The van der Waals surface area contributed by atoms with E-state index in [0.29, 0.717) is 16.5 Å². The number of aromatic nitrogens is 2. The Bertz CT molecular complexity index is 1270. The first-order valence-corrected chi connectivity index (χ1v) is 8.71. The lowest BCUT2D eigenvalue weighted by Gasteiger charge is -2.08. The summed E-state index contributed by atoms with van der Waals surface area (Å²) in [7, 11) is 0. The Morgan fingerprint density at radius 1 is 0.889 bits per heavy atom. The molecule has 0 unspecified atom stereocenters. The summed E-state index contributed by atoms with van der Waals surface area (Å²) in [5.74, 6) is -0.349.